The molecule has 1 heterocycles. The zero-order valence-electron chi connectivity index (χ0n) is 11.4. The minimum atomic E-state index is -0.295. The van der Waals surface area contributed by atoms with E-state index in [1.54, 1.807) is 16.8 Å². The van der Waals surface area contributed by atoms with Crippen LogP contribution in [0, 0.1) is 5.82 Å². The van der Waals surface area contributed by atoms with E-state index in [9.17, 15) is 9.18 Å². The van der Waals surface area contributed by atoms with Crippen molar-refractivity contribution >= 4 is 26.7 Å². The van der Waals surface area contributed by atoms with Gasteiger partial charge in [-0.25, -0.2) is 4.39 Å². The van der Waals surface area contributed by atoms with Crippen molar-refractivity contribution in [1.29, 1.82) is 0 Å². The van der Waals surface area contributed by atoms with Crippen molar-refractivity contribution in [2.45, 2.75) is 13.0 Å². The molecule has 0 bridgehead atoms. The van der Waals surface area contributed by atoms with Crippen LogP contribution in [0.2, 0.25) is 0 Å². The van der Waals surface area contributed by atoms with Gasteiger partial charge in [0.15, 0.2) is 0 Å². The lowest BCUT2D eigenvalue weighted by Gasteiger charge is -2.16. The highest BCUT2D eigenvalue weighted by Crippen LogP contribution is 2.20. The van der Waals surface area contributed by atoms with Crippen LogP contribution in [0.15, 0.2) is 64.0 Å². The lowest BCUT2D eigenvalue weighted by atomic mass is 10.1. The maximum Gasteiger partial charge on any atom is 0.259 e. The first kappa shape index (κ1) is 14.0. The van der Waals surface area contributed by atoms with Crippen LogP contribution in [0.5, 0.6) is 0 Å². The van der Waals surface area contributed by atoms with Gasteiger partial charge in [-0.05, 0) is 48.2 Å². The molecule has 0 N–H and O–H groups in total. The number of hydrogen-bond acceptors (Lipinski definition) is 1. The molecule has 3 aromatic rings. The molecule has 1 unspecified atom stereocenters. The van der Waals surface area contributed by atoms with Crippen LogP contribution in [0.4, 0.5) is 4.39 Å². The fourth-order valence-electron chi connectivity index (χ4n) is 2.46. The van der Waals surface area contributed by atoms with Crippen molar-refractivity contribution in [3.05, 3.63) is 80.9 Å². The fourth-order valence-corrected chi connectivity index (χ4v) is 2.82. The van der Waals surface area contributed by atoms with Gasteiger partial charge in [0.2, 0.25) is 0 Å². The van der Waals surface area contributed by atoms with Gasteiger partial charge >= 0.3 is 0 Å². The summed E-state index contributed by atoms with van der Waals surface area (Å²) >= 11 is 3.38. The van der Waals surface area contributed by atoms with E-state index in [0.717, 1.165) is 15.4 Å². The smallest absolute Gasteiger partial charge is 0.259 e. The van der Waals surface area contributed by atoms with Crippen LogP contribution in [-0.4, -0.2) is 4.57 Å². The van der Waals surface area contributed by atoms with Gasteiger partial charge in [0, 0.05) is 16.1 Å². The molecule has 106 valence electrons. The van der Waals surface area contributed by atoms with E-state index in [-0.39, 0.29) is 17.4 Å². The molecule has 0 amide bonds. The van der Waals surface area contributed by atoms with Gasteiger partial charge in [0.1, 0.15) is 5.82 Å². The Morgan fingerprint density at radius 3 is 2.71 bits per heavy atom. The molecule has 3 rings (SSSR count). The topological polar surface area (TPSA) is 22.0 Å². The zero-order chi connectivity index (χ0) is 15.0. The van der Waals surface area contributed by atoms with Crippen molar-refractivity contribution in [3.63, 3.8) is 0 Å². The van der Waals surface area contributed by atoms with E-state index < -0.39 is 0 Å². The first-order chi connectivity index (χ1) is 10.1. The van der Waals surface area contributed by atoms with Crippen molar-refractivity contribution in [3.8, 4) is 0 Å². The van der Waals surface area contributed by atoms with Gasteiger partial charge in [-0.3, -0.25) is 4.79 Å². The van der Waals surface area contributed by atoms with E-state index in [0.29, 0.717) is 5.39 Å². The molecule has 0 saturated carbocycles. The molecular formula is C17H13BrFNO. The van der Waals surface area contributed by atoms with E-state index in [4.69, 9.17) is 0 Å². The number of rotatable bonds is 2. The van der Waals surface area contributed by atoms with Gasteiger partial charge in [-0.2, -0.15) is 0 Å². The summed E-state index contributed by atoms with van der Waals surface area (Å²) in [5, 5.41) is 1.54. The molecule has 0 fully saturated rings. The summed E-state index contributed by atoms with van der Waals surface area (Å²) in [5.41, 5.74) is 0.692. The molecule has 21 heavy (non-hydrogen) atoms. The first-order valence-corrected chi connectivity index (χ1v) is 7.41. The van der Waals surface area contributed by atoms with Crippen LogP contribution in [0.1, 0.15) is 18.5 Å². The van der Waals surface area contributed by atoms with Crippen LogP contribution in [-0.2, 0) is 0 Å². The normalized spacial score (nSPS) is 12.5. The molecule has 0 spiro atoms. The molecule has 1 aromatic heterocycles. The van der Waals surface area contributed by atoms with Gasteiger partial charge in [-0.1, -0.05) is 34.1 Å². The minimum absolute atomic E-state index is 0.0782. The number of hydrogen-bond donors (Lipinski definition) is 0. The molecule has 0 aliphatic carbocycles. The van der Waals surface area contributed by atoms with E-state index in [1.807, 2.05) is 37.3 Å². The molecule has 1 atom stereocenters. The molecular weight excluding hydrogens is 333 g/mol. The first-order valence-electron chi connectivity index (χ1n) is 6.62. The number of pyridine rings is 1. The van der Waals surface area contributed by atoms with Crippen molar-refractivity contribution in [2.75, 3.05) is 0 Å². The molecule has 4 heteroatoms. The number of benzene rings is 2. The maximum atomic E-state index is 13.4. The highest BCUT2D eigenvalue weighted by molar-refractivity contribution is 9.10. The highest BCUT2D eigenvalue weighted by atomic mass is 79.9. The SMILES string of the molecule is CC(c1cccc(F)c1)n1ccc2ccc(Br)cc2c1=O. The third-order valence-corrected chi connectivity index (χ3v) is 4.14. The standard InChI is InChI=1S/C17H13BrFNO/c1-11(13-3-2-4-15(19)9-13)20-8-7-12-5-6-14(18)10-16(12)17(20)21/h2-11H,1H3. The average Bonchev–Trinajstić information content (AvgIpc) is 2.47. The second-order valence-corrected chi connectivity index (χ2v) is 5.91. The summed E-state index contributed by atoms with van der Waals surface area (Å²) in [4.78, 5) is 12.6. The van der Waals surface area contributed by atoms with Gasteiger partial charge in [0.05, 0.1) is 6.04 Å². The van der Waals surface area contributed by atoms with Crippen LogP contribution < -0.4 is 5.56 Å². The van der Waals surface area contributed by atoms with E-state index in [1.165, 1.54) is 12.1 Å². The maximum absolute atomic E-state index is 13.4. The summed E-state index contributed by atoms with van der Waals surface area (Å²) in [6.45, 7) is 1.89. The number of halogens is 2. The Labute approximate surface area is 130 Å². The van der Waals surface area contributed by atoms with E-state index in [2.05, 4.69) is 15.9 Å². The molecule has 0 aliphatic heterocycles. The monoisotopic (exact) mass is 345 g/mol. The Bertz CT molecular complexity index is 872. The largest absolute Gasteiger partial charge is 0.308 e. The second-order valence-electron chi connectivity index (χ2n) is 4.99. The summed E-state index contributed by atoms with van der Waals surface area (Å²) in [6, 6.07) is 13.6. The highest BCUT2D eigenvalue weighted by Gasteiger charge is 2.12. The van der Waals surface area contributed by atoms with Crippen molar-refractivity contribution < 1.29 is 4.39 Å². The Hall–Kier alpha value is -1.94. The Morgan fingerprint density at radius 2 is 1.95 bits per heavy atom. The van der Waals surface area contributed by atoms with Crippen molar-refractivity contribution in [2.24, 2.45) is 0 Å². The Kier molecular flexibility index (Phi) is 3.64. The third kappa shape index (κ3) is 2.63. The predicted octanol–water partition coefficient (Wildman–Crippen LogP) is 4.51. The fraction of sp³-hybridized carbons (Fsp3) is 0.118. The van der Waals surface area contributed by atoms with Crippen LogP contribution in [0.25, 0.3) is 10.8 Å². The number of nitrogens with zero attached hydrogens (tertiary/aromatic N) is 1. The molecule has 2 nitrogen and oxygen atoms in total. The predicted molar refractivity (Wildman–Crippen MR) is 86.1 cm³/mol. The van der Waals surface area contributed by atoms with E-state index >= 15 is 0 Å². The van der Waals surface area contributed by atoms with Gasteiger partial charge in [0.25, 0.3) is 5.56 Å². The average molecular weight is 346 g/mol. The molecule has 0 radical (unpaired) electrons. The molecule has 0 aliphatic rings. The van der Waals surface area contributed by atoms with Gasteiger partial charge < -0.3 is 4.57 Å². The summed E-state index contributed by atoms with van der Waals surface area (Å²) in [6.07, 6.45) is 1.76. The Balaban J connectivity index is 2.16. The van der Waals surface area contributed by atoms with Crippen LogP contribution in [0.3, 0.4) is 0 Å². The third-order valence-electron chi connectivity index (χ3n) is 3.64. The minimum Gasteiger partial charge on any atom is -0.308 e. The lowest BCUT2D eigenvalue weighted by molar-refractivity contribution is 0.596. The number of fused-ring (bicyclic) bond motifs is 1. The van der Waals surface area contributed by atoms with Crippen molar-refractivity contribution in [1.82, 2.24) is 4.57 Å². The zero-order valence-corrected chi connectivity index (χ0v) is 13.0. The quantitative estimate of drug-likeness (QED) is 0.669. The summed E-state index contributed by atoms with van der Waals surface area (Å²) < 4.78 is 15.8. The second kappa shape index (κ2) is 5.45. The van der Waals surface area contributed by atoms with Crippen LogP contribution >= 0.6 is 15.9 Å². The molecule has 2 aromatic carbocycles. The molecule has 0 saturated heterocycles. The summed E-state index contributed by atoms with van der Waals surface area (Å²) in [7, 11) is 0. The lowest BCUT2D eigenvalue weighted by Crippen LogP contribution is -2.23. The summed E-state index contributed by atoms with van der Waals surface area (Å²) in [5.74, 6) is -0.295. The van der Waals surface area contributed by atoms with Gasteiger partial charge in [-0.15, -0.1) is 0 Å². The Morgan fingerprint density at radius 1 is 1.14 bits per heavy atom. The number of aromatic nitrogens is 1.